The van der Waals surface area contributed by atoms with E-state index in [1.54, 1.807) is 4.90 Å². The molecule has 4 heteroatoms. The zero-order valence-corrected chi connectivity index (χ0v) is 14.5. The van der Waals surface area contributed by atoms with Gasteiger partial charge in [-0.2, -0.15) is 0 Å². The van der Waals surface area contributed by atoms with E-state index < -0.39 is 0 Å². The Morgan fingerprint density at radius 2 is 1.91 bits per heavy atom. The zero-order chi connectivity index (χ0) is 16.8. The summed E-state index contributed by atoms with van der Waals surface area (Å²) >= 11 is 0. The van der Waals surface area contributed by atoms with Gasteiger partial charge in [0.2, 0.25) is 11.8 Å². The number of rotatable bonds is 5. The van der Waals surface area contributed by atoms with E-state index in [1.807, 2.05) is 25.1 Å². The van der Waals surface area contributed by atoms with E-state index in [2.05, 4.69) is 12.2 Å². The molecule has 2 rings (SSSR count). The Hall–Kier alpha value is -1.84. The van der Waals surface area contributed by atoms with Crippen LogP contribution in [0.2, 0.25) is 0 Å². The quantitative estimate of drug-likeness (QED) is 0.905. The molecular weight excluding hydrogens is 288 g/mol. The summed E-state index contributed by atoms with van der Waals surface area (Å²) in [6.07, 6.45) is 6.56. The Kier molecular flexibility index (Phi) is 6.20. The highest BCUT2D eigenvalue weighted by molar-refractivity contribution is 5.98. The van der Waals surface area contributed by atoms with Crippen LogP contribution in [0.15, 0.2) is 18.2 Å². The van der Waals surface area contributed by atoms with Crippen molar-refractivity contribution in [2.24, 2.45) is 0 Å². The number of para-hydroxylation sites is 1. The van der Waals surface area contributed by atoms with E-state index >= 15 is 0 Å². The lowest BCUT2D eigenvalue weighted by atomic mass is 9.95. The van der Waals surface area contributed by atoms with Crippen molar-refractivity contribution in [3.8, 4) is 0 Å². The second-order valence-electron chi connectivity index (χ2n) is 6.44. The van der Waals surface area contributed by atoms with E-state index in [0.29, 0.717) is 0 Å². The minimum Gasteiger partial charge on any atom is -0.352 e. The van der Waals surface area contributed by atoms with Gasteiger partial charge < -0.3 is 10.2 Å². The van der Waals surface area contributed by atoms with Crippen LogP contribution < -0.4 is 10.2 Å². The van der Waals surface area contributed by atoms with Crippen LogP contribution >= 0.6 is 0 Å². The van der Waals surface area contributed by atoms with Crippen molar-refractivity contribution in [1.29, 1.82) is 0 Å². The standard InChI is InChI=1S/C19H28N2O2/c1-4-16-10-8-9-14(2)19(16)21(15(3)22)13-18(23)20-17-11-6-5-7-12-17/h8-10,17H,4-7,11-13H2,1-3H3,(H,20,23). The molecule has 1 N–H and O–H groups in total. The number of nitrogens with one attached hydrogen (secondary N) is 1. The topological polar surface area (TPSA) is 49.4 Å². The van der Waals surface area contributed by atoms with Crippen LogP contribution in [0, 0.1) is 6.92 Å². The fraction of sp³-hybridized carbons (Fsp3) is 0.579. The van der Waals surface area contributed by atoms with Crippen LogP contribution in [-0.4, -0.2) is 24.4 Å². The number of benzene rings is 1. The molecule has 1 aromatic carbocycles. The molecule has 0 saturated heterocycles. The van der Waals surface area contributed by atoms with E-state index in [1.165, 1.54) is 26.2 Å². The summed E-state index contributed by atoms with van der Waals surface area (Å²) in [5.74, 6) is -0.148. The van der Waals surface area contributed by atoms with Crippen molar-refractivity contribution >= 4 is 17.5 Å². The fourth-order valence-corrected chi connectivity index (χ4v) is 3.40. The lowest BCUT2D eigenvalue weighted by molar-refractivity contribution is -0.123. The van der Waals surface area contributed by atoms with Crippen molar-refractivity contribution in [2.75, 3.05) is 11.4 Å². The SMILES string of the molecule is CCc1cccc(C)c1N(CC(=O)NC1CCCCC1)C(C)=O. The molecule has 1 saturated carbocycles. The highest BCUT2D eigenvalue weighted by Gasteiger charge is 2.22. The van der Waals surface area contributed by atoms with E-state index in [9.17, 15) is 9.59 Å². The second kappa shape index (κ2) is 8.14. The average molecular weight is 316 g/mol. The molecule has 0 aromatic heterocycles. The number of amides is 2. The molecule has 0 spiro atoms. The number of hydrogen-bond donors (Lipinski definition) is 1. The molecule has 126 valence electrons. The van der Waals surface area contributed by atoms with Gasteiger partial charge in [0, 0.05) is 13.0 Å². The third kappa shape index (κ3) is 4.57. The van der Waals surface area contributed by atoms with Gasteiger partial charge in [-0.3, -0.25) is 9.59 Å². The summed E-state index contributed by atoms with van der Waals surface area (Å²) in [4.78, 5) is 26.2. The molecular formula is C19H28N2O2. The van der Waals surface area contributed by atoms with Crippen molar-refractivity contribution in [3.05, 3.63) is 29.3 Å². The minimum absolute atomic E-state index is 0.0580. The van der Waals surface area contributed by atoms with Gasteiger partial charge in [0.25, 0.3) is 0 Å². The van der Waals surface area contributed by atoms with Gasteiger partial charge in [-0.05, 0) is 37.3 Å². The van der Waals surface area contributed by atoms with Gasteiger partial charge in [-0.15, -0.1) is 0 Å². The highest BCUT2D eigenvalue weighted by atomic mass is 16.2. The summed E-state index contributed by atoms with van der Waals surface area (Å²) in [6.45, 7) is 5.69. The maximum atomic E-state index is 12.4. The zero-order valence-electron chi connectivity index (χ0n) is 14.5. The highest BCUT2D eigenvalue weighted by Crippen LogP contribution is 2.26. The van der Waals surface area contributed by atoms with Crippen molar-refractivity contribution < 1.29 is 9.59 Å². The van der Waals surface area contributed by atoms with Crippen LogP contribution in [0.3, 0.4) is 0 Å². The Balaban J connectivity index is 2.13. The van der Waals surface area contributed by atoms with Crippen molar-refractivity contribution in [2.45, 2.75) is 65.3 Å². The Morgan fingerprint density at radius 3 is 2.52 bits per heavy atom. The van der Waals surface area contributed by atoms with Crippen molar-refractivity contribution in [3.63, 3.8) is 0 Å². The Morgan fingerprint density at radius 1 is 1.22 bits per heavy atom. The van der Waals surface area contributed by atoms with Gasteiger partial charge in [0.15, 0.2) is 0 Å². The molecule has 0 radical (unpaired) electrons. The lowest BCUT2D eigenvalue weighted by Gasteiger charge is -2.27. The van der Waals surface area contributed by atoms with Gasteiger partial charge in [0.1, 0.15) is 6.54 Å². The molecule has 1 fully saturated rings. The van der Waals surface area contributed by atoms with Gasteiger partial charge >= 0.3 is 0 Å². The normalized spacial score (nSPS) is 15.3. The molecule has 0 aliphatic heterocycles. The monoisotopic (exact) mass is 316 g/mol. The number of anilines is 1. The van der Waals surface area contributed by atoms with E-state index in [-0.39, 0.29) is 24.4 Å². The molecule has 4 nitrogen and oxygen atoms in total. The average Bonchev–Trinajstić information content (AvgIpc) is 2.53. The molecule has 0 unspecified atom stereocenters. The van der Waals surface area contributed by atoms with Crippen LogP contribution in [0.1, 0.15) is 57.1 Å². The number of carbonyl (C=O) groups excluding carboxylic acids is 2. The molecule has 0 bridgehead atoms. The smallest absolute Gasteiger partial charge is 0.240 e. The first-order valence-electron chi connectivity index (χ1n) is 8.69. The predicted octanol–water partition coefficient (Wildman–Crippen LogP) is 3.36. The predicted molar refractivity (Wildman–Crippen MR) is 93.6 cm³/mol. The number of aryl methyl sites for hydroxylation is 2. The van der Waals surface area contributed by atoms with E-state index in [0.717, 1.165) is 36.1 Å². The van der Waals surface area contributed by atoms with Gasteiger partial charge in [-0.1, -0.05) is 44.4 Å². The van der Waals surface area contributed by atoms with Crippen LogP contribution in [-0.2, 0) is 16.0 Å². The summed E-state index contributed by atoms with van der Waals surface area (Å²) in [5.41, 5.74) is 3.02. The van der Waals surface area contributed by atoms with Gasteiger partial charge in [-0.25, -0.2) is 0 Å². The number of carbonyl (C=O) groups is 2. The number of nitrogens with zero attached hydrogens (tertiary/aromatic N) is 1. The van der Waals surface area contributed by atoms with Crippen LogP contribution in [0.5, 0.6) is 0 Å². The third-order valence-electron chi connectivity index (χ3n) is 4.62. The molecule has 1 aromatic rings. The summed E-state index contributed by atoms with van der Waals surface area (Å²) in [7, 11) is 0. The second-order valence-corrected chi connectivity index (χ2v) is 6.44. The Bertz CT molecular complexity index is 562. The first-order valence-corrected chi connectivity index (χ1v) is 8.69. The Labute approximate surface area is 139 Å². The lowest BCUT2D eigenvalue weighted by Crippen LogP contribution is -2.44. The maximum absolute atomic E-state index is 12.4. The van der Waals surface area contributed by atoms with Crippen LogP contribution in [0.4, 0.5) is 5.69 Å². The molecule has 1 aliphatic rings. The fourth-order valence-electron chi connectivity index (χ4n) is 3.40. The molecule has 1 aliphatic carbocycles. The molecule has 0 atom stereocenters. The third-order valence-corrected chi connectivity index (χ3v) is 4.62. The summed E-state index contributed by atoms with van der Waals surface area (Å²) in [6, 6.07) is 6.28. The molecule has 2 amide bonds. The van der Waals surface area contributed by atoms with Crippen LogP contribution in [0.25, 0.3) is 0 Å². The minimum atomic E-state index is -0.0900. The maximum Gasteiger partial charge on any atom is 0.240 e. The van der Waals surface area contributed by atoms with E-state index in [4.69, 9.17) is 0 Å². The summed E-state index contributed by atoms with van der Waals surface area (Å²) in [5, 5.41) is 3.10. The summed E-state index contributed by atoms with van der Waals surface area (Å²) < 4.78 is 0. The first-order chi connectivity index (χ1) is 11.0. The molecule has 0 heterocycles. The molecule has 23 heavy (non-hydrogen) atoms. The first kappa shape index (κ1) is 17.5. The number of hydrogen-bond acceptors (Lipinski definition) is 2. The van der Waals surface area contributed by atoms with Gasteiger partial charge in [0.05, 0.1) is 5.69 Å². The van der Waals surface area contributed by atoms with Crippen molar-refractivity contribution in [1.82, 2.24) is 5.32 Å². The largest absolute Gasteiger partial charge is 0.352 e.